The van der Waals surface area contributed by atoms with Crippen LogP contribution >= 0.6 is 21.8 Å². The lowest BCUT2D eigenvalue weighted by Crippen LogP contribution is -2.35. The lowest BCUT2D eigenvalue weighted by Gasteiger charge is -2.32. The van der Waals surface area contributed by atoms with Crippen LogP contribution in [0.15, 0.2) is 12.1 Å². The van der Waals surface area contributed by atoms with Crippen molar-refractivity contribution in [1.82, 2.24) is 0 Å². The highest BCUT2D eigenvalue weighted by Crippen LogP contribution is 2.42. The van der Waals surface area contributed by atoms with Crippen LogP contribution in [0.4, 0.5) is 0 Å². The van der Waals surface area contributed by atoms with Gasteiger partial charge in [0.1, 0.15) is 5.75 Å². The summed E-state index contributed by atoms with van der Waals surface area (Å²) in [6, 6.07) is 5.09. The SMILES string of the molecule is CCO[SiH](C)CCCOc1c2cc(CCC[Si](I)(OCC)OCC)cc1C(C)(C)CCCCCCCCCCCCCCC(C)(C)C2. The lowest BCUT2D eigenvalue weighted by atomic mass is 9.75. The van der Waals surface area contributed by atoms with E-state index in [1.807, 2.05) is 0 Å². The van der Waals surface area contributed by atoms with Crippen molar-refractivity contribution in [3.8, 4) is 5.75 Å². The van der Waals surface area contributed by atoms with E-state index >= 15 is 0 Å². The van der Waals surface area contributed by atoms with Gasteiger partial charge in [-0.3, -0.25) is 0 Å². The topological polar surface area (TPSA) is 36.9 Å². The predicted octanol–water partition coefficient (Wildman–Crippen LogP) is 12.5. The maximum atomic E-state index is 6.95. The number of aryl methyl sites for hydroxylation is 1. The van der Waals surface area contributed by atoms with Gasteiger partial charge < -0.3 is 18.0 Å². The summed E-state index contributed by atoms with van der Waals surface area (Å²) in [7, 11) is -1.11. The molecule has 0 amide bonds. The normalized spacial score (nSPS) is 19.6. The monoisotopic (exact) mass is 802 g/mol. The molecular weight excluding hydrogens is 728 g/mol. The molecule has 0 aliphatic heterocycles. The maximum absolute atomic E-state index is 6.95. The molecule has 0 aromatic heterocycles. The van der Waals surface area contributed by atoms with Crippen LogP contribution in [0.1, 0.15) is 168 Å². The van der Waals surface area contributed by atoms with Crippen LogP contribution in [0.25, 0.3) is 0 Å². The van der Waals surface area contributed by atoms with Gasteiger partial charge in [0, 0.05) is 31.4 Å². The van der Waals surface area contributed by atoms with Gasteiger partial charge in [-0.15, -0.1) is 0 Å². The Kier molecular flexibility index (Phi) is 21.6. The molecule has 2 rings (SSSR count). The summed E-state index contributed by atoms with van der Waals surface area (Å²) in [4.78, 5) is 0. The van der Waals surface area contributed by atoms with E-state index < -0.39 is 15.1 Å². The van der Waals surface area contributed by atoms with Crippen molar-refractivity contribution < 1.29 is 18.0 Å². The summed E-state index contributed by atoms with van der Waals surface area (Å²) in [5.74, 6) is 1.20. The Morgan fingerprint density at radius 3 is 1.85 bits per heavy atom. The average Bonchev–Trinajstić information content (AvgIpc) is 2.99. The first kappa shape index (κ1) is 43.2. The molecule has 47 heavy (non-hydrogen) atoms. The summed E-state index contributed by atoms with van der Waals surface area (Å²) < 4.78 is 25.3. The van der Waals surface area contributed by atoms with Gasteiger partial charge in [-0.2, -0.15) is 0 Å². The van der Waals surface area contributed by atoms with Crippen LogP contribution in [0.5, 0.6) is 5.75 Å². The molecule has 0 radical (unpaired) electrons. The van der Waals surface area contributed by atoms with Crippen LogP contribution < -0.4 is 4.74 Å². The fraction of sp³-hybridized carbons (Fsp3) is 0.850. The molecule has 0 N–H and O–H groups in total. The first-order valence-corrected chi connectivity index (χ1v) is 27.4. The Bertz CT molecular complexity index is 964. The minimum atomic E-state index is -2.16. The molecule has 1 aliphatic rings. The third-order valence-corrected chi connectivity index (χ3v) is 18.1. The quantitative estimate of drug-likeness (QED) is 0.0766. The smallest absolute Gasteiger partial charge is 0.407 e. The van der Waals surface area contributed by atoms with Gasteiger partial charge in [0.2, 0.25) is 0 Å². The first-order chi connectivity index (χ1) is 22.4. The summed E-state index contributed by atoms with van der Waals surface area (Å²) >= 11 is 2.51. The Hall–Kier alpha value is 0.0638. The molecule has 1 unspecified atom stereocenters. The zero-order valence-electron chi connectivity index (χ0n) is 32.2. The Labute approximate surface area is 307 Å². The molecule has 2 bridgehead atoms. The van der Waals surface area contributed by atoms with Gasteiger partial charge in [0.15, 0.2) is 9.04 Å². The maximum Gasteiger partial charge on any atom is 0.407 e. The van der Waals surface area contributed by atoms with Crippen LogP contribution in [0.2, 0.25) is 18.6 Å². The second kappa shape index (κ2) is 23.5. The molecule has 1 aromatic rings. The second-order valence-electron chi connectivity index (χ2n) is 15.7. The van der Waals surface area contributed by atoms with E-state index in [-0.39, 0.29) is 10.8 Å². The first-order valence-electron chi connectivity index (χ1n) is 19.8. The molecule has 7 heteroatoms. The average molecular weight is 803 g/mol. The number of halogens is 1. The van der Waals surface area contributed by atoms with Gasteiger partial charge in [-0.25, -0.2) is 0 Å². The van der Waals surface area contributed by atoms with Crippen molar-refractivity contribution in [3.05, 3.63) is 28.8 Å². The van der Waals surface area contributed by atoms with Crippen LogP contribution in [0.3, 0.4) is 0 Å². The largest absolute Gasteiger partial charge is 0.493 e. The predicted molar refractivity (Wildman–Crippen MR) is 217 cm³/mol. The van der Waals surface area contributed by atoms with Gasteiger partial charge in [-0.1, -0.05) is 117 Å². The number of fused-ring (bicyclic) bond motifs is 2. The van der Waals surface area contributed by atoms with Crippen LogP contribution in [-0.4, -0.2) is 41.5 Å². The lowest BCUT2D eigenvalue weighted by molar-refractivity contribution is 0.208. The third-order valence-electron chi connectivity index (χ3n) is 10.1. The molecule has 4 nitrogen and oxygen atoms in total. The van der Waals surface area contributed by atoms with E-state index in [1.165, 1.54) is 118 Å². The Morgan fingerprint density at radius 1 is 0.745 bits per heavy atom. The zero-order chi connectivity index (χ0) is 34.6. The fourth-order valence-corrected chi connectivity index (χ4v) is 13.7. The fourth-order valence-electron chi connectivity index (χ4n) is 7.41. The van der Waals surface area contributed by atoms with Crippen molar-refractivity contribution >= 4 is 36.9 Å². The minimum absolute atomic E-state index is 0.0663. The summed E-state index contributed by atoms with van der Waals surface area (Å²) in [5.41, 5.74) is 4.65. The molecule has 0 spiro atoms. The molecule has 1 atom stereocenters. The molecule has 0 saturated carbocycles. The van der Waals surface area contributed by atoms with Gasteiger partial charge in [0.05, 0.1) is 6.61 Å². The number of hydrogen-bond acceptors (Lipinski definition) is 4. The van der Waals surface area contributed by atoms with E-state index in [9.17, 15) is 0 Å². The van der Waals surface area contributed by atoms with Gasteiger partial charge in [-0.05, 0) is 116 Å². The molecular formula is C40H75IO4Si2. The Morgan fingerprint density at radius 2 is 1.30 bits per heavy atom. The van der Waals surface area contributed by atoms with Crippen molar-refractivity contribution in [2.75, 3.05) is 26.4 Å². The molecule has 1 aliphatic carbocycles. The van der Waals surface area contributed by atoms with Crippen molar-refractivity contribution in [2.24, 2.45) is 5.41 Å². The summed E-state index contributed by atoms with van der Waals surface area (Å²) in [6.45, 7) is 21.7. The summed E-state index contributed by atoms with van der Waals surface area (Å²) in [5, 5.41) is 0. The van der Waals surface area contributed by atoms with Gasteiger partial charge >= 0.3 is 6.06 Å². The second-order valence-corrected chi connectivity index (χ2v) is 25.6. The highest BCUT2D eigenvalue weighted by Gasteiger charge is 2.34. The van der Waals surface area contributed by atoms with E-state index in [1.54, 1.807) is 0 Å². The van der Waals surface area contributed by atoms with Gasteiger partial charge in [0.25, 0.3) is 0 Å². The number of benzene rings is 1. The van der Waals surface area contributed by atoms with Crippen LogP contribution in [-0.2, 0) is 31.5 Å². The molecule has 0 saturated heterocycles. The summed E-state index contributed by atoms with van der Waals surface area (Å²) in [6.07, 6.45) is 23.4. The highest BCUT2D eigenvalue weighted by atomic mass is 127. The standard InChI is InChI=1S/C40H75IO4Si2/c1-9-43-46(8)30-25-29-42-38-36-32-35(26-24-31-47(41,44-10-2)45-11-3)33-37(38)40(6,7)28-23-21-19-17-15-13-12-14-16-18-20-22-27-39(4,5)34-36/h32-33,46H,9-31,34H2,1-8H3. The zero-order valence-corrected chi connectivity index (χ0v) is 36.5. The molecule has 0 heterocycles. The van der Waals surface area contributed by atoms with E-state index in [4.69, 9.17) is 18.0 Å². The molecule has 0 fully saturated rings. The van der Waals surface area contributed by atoms with Crippen LogP contribution in [0, 0.1) is 5.41 Å². The van der Waals surface area contributed by atoms with E-state index in [0.717, 1.165) is 58.2 Å². The Balaban J connectivity index is 2.44. The number of ether oxygens (including phenoxy) is 1. The minimum Gasteiger partial charge on any atom is -0.493 e. The van der Waals surface area contributed by atoms with E-state index in [2.05, 4.69) is 88.9 Å². The third kappa shape index (κ3) is 17.7. The van der Waals surface area contributed by atoms with Crippen molar-refractivity contribution in [1.29, 1.82) is 0 Å². The molecule has 274 valence electrons. The number of rotatable bonds is 15. The number of hydrogen-bond donors (Lipinski definition) is 0. The highest BCUT2D eigenvalue weighted by molar-refractivity contribution is 14.1. The van der Waals surface area contributed by atoms with Crippen molar-refractivity contribution in [2.45, 2.75) is 188 Å². The van der Waals surface area contributed by atoms with Crippen molar-refractivity contribution in [3.63, 3.8) is 0 Å². The molecule has 1 aromatic carbocycles. The van der Waals surface area contributed by atoms with E-state index in [0.29, 0.717) is 0 Å².